The molecule has 0 spiro atoms. The van der Waals surface area contributed by atoms with Gasteiger partial charge in [0.15, 0.2) is 5.69 Å². The van der Waals surface area contributed by atoms with Crippen molar-refractivity contribution >= 4 is 11.9 Å². The fourth-order valence-electron chi connectivity index (χ4n) is 3.86. The van der Waals surface area contributed by atoms with Crippen molar-refractivity contribution in [2.24, 2.45) is 0 Å². The van der Waals surface area contributed by atoms with Crippen LogP contribution in [0.25, 0.3) is 11.4 Å². The average molecular weight is 624 g/mol. The zero-order valence-electron chi connectivity index (χ0n) is 23.4. The number of carboxylic acid groups (broad SMARTS) is 1. The van der Waals surface area contributed by atoms with Crippen molar-refractivity contribution in [1.29, 1.82) is 0 Å². The maximum Gasteiger partial charge on any atom is 0.416 e. The van der Waals surface area contributed by atoms with Gasteiger partial charge in [0.25, 0.3) is 17.0 Å². The molecule has 0 saturated carbocycles. The number of benzene rings is 2. The summed E-state index contributed by atoms with van der Waals surface area (Å²) in [4.78, 5) is 55.8. The first-order valence-corrected chi connectivity index (χ1v) is 12.3. The van der Waals surface area contributed by atoms with Gasteiger partial charge in [-0.1, -0.05) is 12.1 Å². The van der Waals surface area contributed by atoms with Gasteiger partial charge >= 0.3 is 18.3 Å². The van der Waals surface area contributed by atoms with Crippen LogP contribution in [-0.4, -0.2) is 55.1 Å². The van der Waals surface area contributed by atoms with Crippen LogP contribution in [0.1, 0.15) is 43.5 Å². The van der Waals surface area contributed by atoms with Crippen molar-refractivity contribution in [2.75, 3.05) is 14.1 Å². The minimum absolute atomic E-state index is 0.0255. The zero-order valence-corrected chi connectivity index (χ0v) is 23.4. The Balaban J connectivity index is 0.000000241. The Morgan fingerprint density at radius 1 is 0.727 bits per heavy atom. The van der Waals surface area contributed by atoms with Gasteiger partial charge in [-0.15, -0.1) is 0 Å². The number of carbonyl (C=O) groups excluding carboxylic acids is 1. The first kappa shape index (κ1) is 33.2. The first-order chi connectivity index (χ1) is 20.3. The number of nitrogens with zero attached hydrogens (tertiary/aromatic N) is 5. The quantitative estimate of drug-likeness (QED) is 0.331. The molecule has 0 aliphatic rings. The summed E-state index contributed by atoms with van der Waals surface area (Å²) in [6, 6.07) is 8.42. The van der Waals surface area contributed by atoms with Crippen LogP contribution in [0.5, 0.6) is 0 Å². The van der Waals surface area contributed by atoms with Crippen molar-refractivity contribution in [3.8, 4) is 11.4 Å². The summed E-state index contributed by atoms with van der Waals surface area (Å²) in [7, 11) is 2.91. The summed E-state index contributed by atoms with van der Waals surface area (Å²) in [5.74, 6) is -2.16. The van der Waals surface area contributed by atoms with Crippen LogP contribution in [0.2, 0.25) is 0 Å². The van der Waals surface area contributed by atoms with Gasteiger partial charge in [0.2, 0.25) is 5.69 Å². The SMILES string of the molecule is Cc1cnc(C(=O)N(C)C)c(=O)n1-c1cccc(C(F)(F)F)c1.Cc1cnc(C(=O)O)c(=O)n1-c1cccc(C(F)(F)F)c1. The second-order valence-electron chi connectivity index (χ2n) is 9.38. The lowest BCUT2D eigenvalue weighted by molar-refractivity contribution is -0.138. The second-order valence-corrected chi connectivity index (χ2v) is 9.38. The number of aryl methyl sites for hydroxylation is 2. The molecule has 1 amide bonds. The highest BCUT2D eigenvalue weighted by Gasteiger charge is 2.32. The van der Waals surface area contributed by atoms with Crippen molar-refractivity contribution < 1.29 is 41.0 Å². The average Bonchev–Trinajstić information content (AvgIpc) is 2.92. The monoisotopic (exact) mass is 623 g/mol. The molecular formula is C28H23F6N5O5. The molecule has 0 fully saturated rings. The summed E-state index contributed by atoms with van der Waals surface area (Å²) in [6.07, 6.45) is -6.69. The Morgan fingerprint density at radius 3 is 1.48 bits per heavy atom. The number of amides is 1. The molecule has 0 aliphatic heterocycles. The molecule has 44 heavy (non-hydrogen) atoms. The topological polar surface area (TPSA) is 127 Å². The minimum atomic E-state index is -4.56. The van der Waals surface area contributed by atoms with E-state index in [-0.39, 0.29) is 22.8 Å². The van der Waals surface area contributed by atoms with Crippen LogP contribution in [0.4, 0.5) is 26.3 Å². The van der Waals surface area contributed by atoms with Gasteiger partial charge in [-0.25, -0.2) is 14.8 Å². The maximum absolute atomic E-state index is 12.8. The van der Waals surface area contributed by atoms with Crippen molar-refractivity contribution in [2.45, 2.75) is 26.2 Å². The molecule has 0 aliphatic carbocycles. The van der Waals surface area contributed by atoms with Crippen molar-refractivity contribution in [3.63, 3.8) is 0 Å². The Kier molecular flexibility index (Phi) is 9.46. The molecule has 232 valence electrons. The number of halogens is 6. The number of aromatic nitrogens is 4. The lowest BCUT2D eigenvalue weighted by Gasteiger charge is -2.15. The Bertz CT molecular complexity index is 1840. The van der Waals surface area contributed by atoms with Crippen molar-refractivity contribution in [3.05, 3.63) is 116 Å². The van der Waals surface area contributed by atoms with Crippen LogP contribution >= 0.6 is 0 Å². The summed E-state index contributed by atoms with van der Waals surface area (Å²) in [5.41, 5.74) is -4.15. The molecule has 2 aromatic heterocycles. The summed E-state index contributed by atoms with van der Waals surface area (Å²) >= 11 is 0. The predicted octanol–water partition coefficient (Wildman–Crippen LogP) is 4.52. The Labute approximate surface area is 244 Å². The van der Waals surface area contributed by atoms with E-state index in [1.54, 1.807) is 0 Å². The highest BCUT2D eigenvalue weighted by atomic mass is 19.4. The molecular weight excluding hydrogens is 600 g/mol. The smallest absolute Gasteiger partial charge is 0.416 e. The van der Waals surface area contributed by atoms with E-state index in [4.69, 9.17) is 5.11 Å². The number of alkyl halides is 6. The van der Waals surface area contributed by atoms with E-state index < -0.39 is 52.2 Å². The lowest BCUT2D eigenvalue weighted by Crippen LogP contribution is -2.34. The summed E-state index contributed by atoms with van der Waals surface area (Å²) in [5, 5.41) is 8.86. The number of hydrogen-bond donors (Lipinski definition) is 1. The van der Waals surface area contributed by atoms with Crippen LogP contribution in [0, 0.1) is 13.8 Å². The van der Waals surface area contributed by atoms with E-state index >= 15 is 0 Å². The minimum Gasteiger partial charge on any atom is -0.476 e. The van der Waals surface area contributed by atoms with E-state index in [2.05, 4.69) is 9.97 Å². The van der Waals surface area contributed by atoms with Gasteiger partial charge in [-0.2, -0.15) is 26.3 Å². The van der Waals surface area contributed by atoms with E-state index in [9.17, 15) is 45.5 Å². The second kappa shape index (κ2) is 12.5. The van der Waals surface area contributed by atoms with Crippen LogP contribution in [0.15, 0.2) is 70.5 Å². The Hall–Kier alpha value is -5.28. The molecule has 0 atom stereocenters. The molecule has 2 aromatic carbocycles. The van der Waals surface area contributed by atoms with Crippen LogP contribution in [-0.2, 0) is 12.4 Å². The molecule has 4 aromatic rings. The van der Waals surface area contributed by atoms with Gasteiger partial charge in [0.05, 0.1) is 11.1 Å². The van der Waals surface area contributed by atoms with Crippen LogP contribution < -0.4 is 11.1 Å². The number of carboxylic acids is 1. The van der Waals surface area contributed by atoms with Crippen LogP contribution in [0.3, 0.4) is 0 Å². The van der Waals surface area contributed by atoms with Gasteiger partial charge in [-0.05, 0) is 50.2 Å². The summed E-state index contributed by atoms with van der Waals surface area (Å²) < 4.78 is 78.5. The largest absolute Gasteiger partial charge is 0.476 e. The first-order valence-electron chi connectivity index (χ1n) is 12.3. The molecule has 1 N–H and O–H groups in total. The number of rotatable bonds is 4. The third-order valence-corrected chi connectivity index (χ3v) is 5.95. The van der Waals surface area contributed by atoms with Gasteiger partial charge in [-0.3, -0.25) is 23.5 Å². The Morgan fingerprint density at radius 2 is 1.11 bits per heavy atom. The third-order valence-electron chi connectivity index (χ3n) is 5.95. The molecule has 16 heteroatoms. The van der Waals surface area contributed by atoms with Gasteiger partial charge in [0, 0.05) is 49.3 Å². The molecule has 10 nitrogen and oxygen atoms in total. The fraction of sp³-hybridized carbons (Fsp3) is 0.214. The lowest BCUT2D eigenvalue weighted by atomic mass is 10.2. The molecule has 0 saturated heterocycles. The molecule has 2 heterocycles. The standard InChI is InChI=1S/C15H14F3N3O2.C13H9F3N2O3/c1-9-8-19-12(13(22)20(2)3)14(23)21(9)11-6-4-5-10(7-11)15(16,17)18;1-7-6-17-10(12(20)21)11(19)18(7)9-4-2-3-8(5-9)13(14,15)16/h4-8H,1-3H3;2-6H,1H3,(H,20,21). The third kappa shape index (κ3) is 7.19. The maximum atomic E-state index is 12.8. The fourth-order valence-corrected chi connectivity index (χ4v) is 3.86. The number of carbonyl (C=O) groups is 2. The number of hydrogen-bond acceptors (Lipinski definition) is 6. The molecule has 0 radical (unpaired) electrons. The highest BCUT2D eigenvalue weighted by molar-refractivity contribution is 5.91. The van der Waals surface area contributed by atoms with E-state index in [1.165, 1.54) is 57.2 Å². The van der Waals surface area contributed by atoms with E-state index in [0.717, 1.165) is 45.7 Å². The zero-order chi connectivity index (χ0) is 33.1. The van der Waals surface area contributed by atoms with E-state index in [0.29, 0.717) is 5.69 Å². The molecule has 0 bridgehead atoms. The predicted molar refractivity (Wildman–Crippen MR) is 144 cm³/mol. The highest BCUT2D eigenvalue weighted by Crippen LogP contribution is 2.31. The molecule has 0 unspecified atom stereocenters. The summed E-state index contributed by atoms with van der Waals surface area (Å²) in [6.45, 7) is 2.97. The normalized spacial score (nSPS) is 11.4. The molecule has 4 rings (SSSR count). The van der Waals surface area contributed by atoms with Gasteiger partial charge < -0.3 is 10.0 Å². The number of aromatic carboxylic acids is 1. The van der Waals surface area contributed by atoms with Gasteiger partial charge in [0.1, 0.15) is 0 Å². The van der Waals surface area contributed by atoms with Crippen molar-refractivity contribution in [1.82, 2.24) is 24.0 Å². The van der Waals surface area contributed by atoms with E-state index in [1.807, 2.05) is 0 Å².